The van der Waals surface area contributed by atoms with Crippen LogP contribution >= 0.6 is 0 Å². The van der Waals surface area contributed by atoms with E-state index in [1.54, 1.807) is 46.4 Å². The molecule has 43 heavy (non-hydrogen) atoms. The van der Waals surface area contributed by atoms with E-state index in [0.717, 1.165) is 5.69 Å². The summed E-state index contributed by atoms with van der Waals surface area (Å²) in [6, 6.07) is 10.3. The second kappa shape index (κ2) is 11.2. The van der Waals surface area contributed by atoms with Crippen LogP contribution in [-0.2, 0) is 4.74 Å². The zero-order valence-electron chi connectivity index (χ0n) is 23.3. The van der Waals surface area contributed by atoms with Crippen molar-refractivity contribution in [2.75, 3.05) is 68.0 Å². The highest BCUT2D eigenvalue weighted by atomic mass is 19.1. The first-order valence-corrected chi connectivity index (χ1v) is 14.1. The van der Waals surface area contributed by atoms with Gasteiger partial charge in [0.2, 0.25) is 11.9 Å². The lowest BCUT2D eigenvalue weighted by atomic mass is 10.1. The molecule has 2 fully saturated rings. The van der Waals surface area contributed by atoms with Gasteiger partial charge in [-0.15, -0.1) is 0 Å². The number of aromatic nitrogens is 6. The number of hydrogen-bond acceptors (Lipinski definition) is 10. The second-order valence-electron chi connectivity index (χ2n) is 10.4. The number of nitrogens with two attached hydrogens (primary N) is 1. The Kier molecular flexibility index (Phi) is 6.99. The summed E-state index contributed by atoms with van der Waals surface area (Å²) in [6.45, 7) is 4.82. The minimum Gasteiger partial charge on any atom is -0.378 e. The number of benzene rings is 1. The molecule has 2 aliphatic rings. The van der Waals surface area contributed by atoms with Gasteiger partial charge in [-0.3, -0.25) is 14.3 Å². The Morgan fingerprint density at radius 3 is 2.42 bits per heavy atom. The highest BCUT2D eigenvalue weighted by molar-refractivity contribution is 5.95. The Hall–Kier alpha value is -5.17. The number of nitrogen functional groups attached to an aromatic ring is 1. The van der Waals surface area contributed by atoms with Crippen LogP contribution < -0.4 is 15.5 Å². The highest BCUT2D eigenvalue weighted by Crippen LogP contribution is 2.31. The molecule has 2 saturated heterocycles. The fourth-order valence-electron chi connectivity index (χ4n) is 5.51. The third-order valence-electron chi connectivity index (χ3n) is 7.80. The zero-order chi connectivity index (χ0) is 29.3. The van der Waals surface area contributed by atoms with Crippen molar-refractivity contribution in [1.29, 1.82) is 0 Å². The lowest BCUT2D eigenvalue weighted by Gasteiger charge is -2.36. The van der Waals surface area contributed by atoms with E-state index in [1.165, 1.54) is 6.07 Å². The first-order chi connectivity index (χ1) is 21.0. The standard InChI is InChI=1S/C30H29FN10O2/c31-24-16-20(28(42)39-10-8-38(9-11-39)22-2-1-6-33-19-22)3-4-25(24)41-7-5-23-26(21-17-34-29(32)35-18-21)36-30(37-27(23)41)40-12-14-43-15-13-40/h1-7,16-19H,8-15H2,(H2,32,34,35). The fraction of sp³-hybridized carbons (Fsp3) is 0.267. The van der Waals surface area contributed by atoms with Gasteiger partial charge in [-0.25, -0.2) is 19.3 Å². The molecule has 5 aromatic rings. The molecule has 12 nitrogen and oxygen atoms in total. The summed E-state index contributed by atoms with van der Waals surface area (Å²) < 4.78 is 23.0. The molecule has 0 atom stereocenters. The van der Waals surface area contributed by atoms with Crippen LogP contribution in [0.15, 0.2) is 67.4 Å². The lowest BCUT2D eigenvalue weighted by Crippen LogP contribution is -2.48. The average Bonchev–Trinajstić information content (AvgIpc) is 3.49. The number of rotatable bonds is 5. The van der Waals surface area contributed by atoms with E-state index in [4.69, 9.17) is 20.4 Å². The quantitative estimate of drug-likeness (QED) is 0.331. The number of morpholine rings is 1. The topological polar surface area (TPSA) is 131 Å². The molecule has 2 aliphatic heterocycles. The Morgan fingerprint density at radius 1 is 0.907 bits per heavy atom. The molecule has 2 N–H and O–H groups in total. The molecule has 4 aromatic heterocycles. The number of pyridine rings is 1. The molecule has 13 heteroatoms. The van der Waals surface area contributed by atoms with Gasteiger partial charge in [0, 0.05) is 80.6 Å². The summed E-state index contributed by atoms with van der Waals surface area (Å²) >= 11 is 0. The maximum absolute atomic E-state index is 15.8. The molecule has 7 rings (SSSR count). The van der Waals surface area contributed by atoms with Gasteiger partial charge in [-0.1, -0.05) is 0 Å². The number of carbonyl (C=O) groups is 1. The van der Waals surface area contributed by atoms with E-state index in [2.05, 4.69) is 19.9 Å². The first kappa shape index (κ1) is 26.7. The van der Waals surface area contributed by atoms with Crippen LogP contribution in [0, 0.1) is 5.82 Å². The predicted molar refractivity (Wildman–Crippen MR) is 160 cm³/mol. The Morgan fingerprint density at radius 2 is 1.70 bits per heavy atom. The van der Waals surface area contributed by atoms with Gasteiger partial charge < -0.3 is 25.2 Å². The van der Waals surface area contributed by atoms with Crippen LogP contribution in [0.4, 0.5) is 22.0 Å². The van der Waals surface area contributed by atoms with Crippen LogP contribution in [-0.4, -0.2) is 92.8 Å². The van der Waals surface area contributed by atoms with Crippen LogP contribution in [0.2, 0.25) is 0 Å². The normalized spacial score (nSPS) is 15.7. The van der Waals surface area contributed by atoms with Gasteiger partial charge in [0.05, 0.1) is 36.5 Å². The molecule has 1 aromatic carbocycles. The molecule has 0 radical (unpaired) electrons. The van der Waals surface area contributed by atoms with E-state index < -0.39 is 5.82 Å². The summed E-state index contributed by atoms with van der Waals surface area (Å²) in [5.74, 6) is -0.0650. The van der Waals surface area contributed by atoms with Gasteiger partial charge >= 0.3 is 0 Å². The molecule has 218 valence electrons. The van der Waals surface area contributed by atoms with E-state index in [0.29, 0.717) is 86.3 Å². The Labute approximate surface area is 246 Å². The third-order valence-corrected chi connectivity index (χ3v) is 7.80. The van der Waals surface area contributed by atoms with Gasteiger partial charge in [0.25, 0.3) is 5.91 Å². The van der Waals surface area contributed by atoms with Crippen LogP contribution in [0.5, 0.6) is 0 Å². The van der Waals surface area contributed by atoms with Gasteiger partial charge in [-0.2, -0.15) is 4.98 Å². The zero-order valence-corrected chi connectivity index (χ0v) is 23.3. The number of amides is 1. The van der Waals surface area contributed by atoms with E-state index in [1.807, 2.05) is 29.3 Å². The van der Waals surface area contributed by atoms with Crippen molar-refractivity contribution in [1.82, 2.24) is 34.4 Å². The minimum atomic E-state index is -0.527. The second-order valence-corrected chi connectivity index (χ2v) is 10.4. The van der Waals surface area contributed by atoms with Crippen molar-refractivity contribution in [3.63, 3.8) is 0 Å². The summed E-state index contributed by atoms with van der Waals surface area (Å²) in [5.41, 5.74) is 9.12. The molecule has 0 saturated carbocycles. The number of fused-ring (bicyclic) bond motifs is 1. The van der Waals surface area contributed by atoms with E-state index in [9.17, 15) is 4.79 Å². The van der Waals surface area contributed by atoms with Gasteiger partial charge in [0.1, 0.15) is 5.82 Å². The van der Waals surface area contributed by atoms with E-state index in [-0.39, 0.29) is 17.5 Å². The number of anilines is 3. The number of ether oxygens (including phenoxy) is 1. The van der Waals surface area contributed by atoms with Gasteiger partial charge in [0.15, 0.2) is 5.65 Å². The molecule has 0 bridgehead atoms. The smallest absolute Gasteiger partial charge is 0.254 e. The van der Waals surface area contributed by atoms with Crippen LogP contribution in [0.1, 0.15) is 10.4 Å². The summed E-state index contributed by atoms with van der Waals surface area (Å²) in [4.78, 5) is 41.4. The third kappa shape index (κ3) is 5.18. The number of nitrogens with zero attached hydrogens (tertiary/aromatic N) is 9. The summed E-state index contributed by atoms with van der Waals surface area (Å²) in [5, 5.41) is 0.705. The van der Waals surface area contributed by atoms with Crippen molar-refractivity contribution < 1.29 is 13.9 Å². The highest BCUT2D eigenvalue weighted by Gasteiger charge is 2.25. The van der Waals surface area contributed by atoms with Crippen molar-refractivity contribution in [3.8, 4) is 16.9 Å². The number of halogens is 1. The largest absolute Gasteiger partial charge is 0.378 e. The average molecular weight is 581 g/mol. The maximum Gasteiger partial charge on any atom is 0.254 e. The fourth-order valence-corrected chi connectivity index (χ4v) is 5.51. The Balaban J connectivity index is 1.19. The number of carbonyl (C=O) groups excluding carboxylic acids is 1. The molecule has 1 amide bonds. The van der Waals surface area contributed by atoms with Crippen molar-refractivity contribution in [3.05, 3.63) is 78.8 Å². The summed E-state index contributed by atoms with van der Waals surface area (Å²) in [6.07, 6.45) is 8.53. The van der Waals surface area contributed by atoms with E-state index >= 15 is 4.39 Å². The SMILES string of the molecule is Nc1ncc(-c2nc(N3CCOCC3)nc3c2ccn3-c2ccc(C(=O)N3CCN(c4cccnc4)CC3)cc2F)cn1. The van der Waals surface area contributed by atoms with Crippen molar-refractivity contribution in [2.45, 2.75) is 0 Å². The maximum atomic E-state index is 15.8. The van der Waals surface area contributed by atoms with Gasteiger partial charge in [-0.05, 0) is 36.4 Å². The number of piperazine rings is 1. The molecule has 0 aliphatic carbocycles. The molecule has 0 unspecified atom stereocenters. The van der Waals surface area contributed by atoms with Crippen molar-refractivity contribution >= 4 is 34.5 Å². The predicted octanol–water partition coefficient (Wildman–Crippen LogP) is 2.79. The molecule has 6 heterocycles. The first-order valence-electron chi connectivity index (χ1n) is 14.1. The molecule has 0 spiro atoms. The lowest BCUT2D eigenvalue weighted by molar-refractivity contribution is 0.0746. The molecular formula is C30H29FN10O2. The minimum absolute atomic E-state index is 0.159. The van der Waals surface area contributed by atoms with Crippen LogP contribution in [0.3, 0.4) is 0 Å². The van der Waals surface area contributed by atoms with Crippen molar-refractivity contribution in [2.24, 2.45) is 0 Å². The number of hydrogen-bond donors (Lipinski definition) is 1. The monoisotopic (exact) mass is 580 g/mol. The summed E-state index contributed by atoms with van der Waals surface area (Å²) in [7, 11) is 0. The Bertz CT molecular complexity index is 1770. The van der Waals surface area contributed by atoms with Crippen LogP contribution in [0.25, 0.3) is 28.0 Å². The molecular weight excluding hydrogens is 551 g/mol.